The van der Waals surface area contributed by atoms with Crippen molar-refractivity contribution < 1.29 is 20.1 Å². The van der Waals surface area contributed by atoms with Crippen LogP contribution in [0.2, 0.25) is 0 Å². The standard InChI is InChI=1S/C19H30O4/c1-18-7-5-10-13(9(18)3-4-12(18)20)15(21)16(22)14-17-11(23-17)6-8-19(10,14)2/h9-17,20-22H,3-8H2,1-2H3/t9-,10+,11?,12?,13-,14?,15?,16?,17?,18-,19+/m0/s1. The molecule has 23 heavy (non-hydrogen) atoms. The summed E-state index contributed by atoms with van der Waals surface area (Å²) in [4.78, 5) is 0. The summed E-state index contributed by atoms with van der Waals surface area (Å²) in [5.74, 6) is 1.03. The maximum absolute atomic E-state index is 11.0. The predicted octanol–water partition coefficient (Wildman–Crippen LogP) is 1.71. The van der Waals surface area contributed by atoms with Gasteiger partial charge in [0, 0.05) is 5.92 Å². The SMILES string of the molecule is C[C@]12CCC3OC3C1C(O)C(O)[C@@H]1[C@H]2CC[C@]2(C)C(O)CC[C@@H]12. The van der Waals surface area contributed by atoms with Crippen molar-refractivity contribution in [1.29, 1.82) is 0 Å². The molecule has 5 fully saturated rings. The van der Waals surface area contributed by atoms with Gasteiger partial charge in [0.15, 0.2) is 0 Å². The third kappa shape index (κ3) is 1.71. The molecule has 5 rings (SSSR count). The van der Waals surface area contributed by atoms with Gasteiger partial charge in [0.2, 0.25) is 0 Å². The van der Waals surface area contributed by atoms with Crippen molar-refractivity contribution in [3.8, 4) is 0 Å². The van der Waals surface area contributed by atoms with E-state index in [2.05, 4.69) is 13.8 Å². The molecule has 0 radical (unpaired) electrons. The summed E-state index contributed by atoms with van der Waals surface area (Å²) in [6.45, 7) is 4.55. The van der Waals surface area contributed by atoms with Gasteiger partial charge in [0.1, 0.15) is 0 Å². The molecular formula is C19H30O4. The molecule has 130 valence electrons. The van der Waals surface area contributed by atoms with E-state index in [0.29, 0.717) is 17.9 Å². The summed E-state index contributed by atoms with van der Waals surface area (Å²) in [7, 11) is 0. The van der Waals surface area contributed by atoms with Crippen LogP contribution >= 0.6 is 0 Å². The van der Waals surface area contributed by atoms with Crippen LogP contribution in [0.4, 0.5) is 0 Å². The highest BCUT2D eigenvalue weighted by Gasteiger charge is 2.69. The molecule has 1 saturated heterocycles. The molecule has 6 unspecified atom stereocenters. The summed E-state index contributed by atoms with van der Waals surface area (Å²) in [6.07, 6.45) is 5.11. The smallest absolute Gasteiger partial charge is 0.0900 e. The summed E-state index contributed by atoms with van der Waals surface area (Å²) < 4.78 is 5.82. The Bertz CT molecular complexity index is 523. The molecule has 4 heteroatoms. The highest BCUT2D eigenvalue weighted by Crippen LogP contribution is 2.68. The Morgan fingerprint density at radius 3 is 2.30 bits per heavy atom. The maximum Gasteiger partial charge on any atom is 0.0900 e. The normalized spacial score (nSPS) is 66.9. The van der Waals surface area contributed by atoms with Crippen molar-refractivity contribution in [3.05, 3.63) is 0 Å². The zero-order valence-corrected chi connectivity index (χ0v) is 14.2. The lowest BCUT2D eigenvalue weighted by molar-refractivity contribution is -0.215. The summed E-state index contributed by atoms with van der Waals surface area (Å²) in [5.41, 5.74) is 0.00813. The van der Waals surface area contributed by atoms with Crippen molar-refractivity contribution in [2.75, 3.05) is 0 Å². The van der Waals surface area contributed by atoms with Crippen LogP contribution in [0.3, 0.4) is 0 Å². The Balaban J connectivity index is 1.55. The minimum absolute atomic E-state index is 0.0711. The van der Waals surface area contributed by atoms with Crippen LogP contribution in [-0.4, -0.2) is 45.8 Å². The maximum atomic E-state index is 11.0. The zero-order valence-electron chi connectivity index (χ0n) is 14.2. The second kappa shape index (κ2) is 4.51. The Hall–Kier alpha value is -0.160. The lowest BCUT2D eigenvalue weighted by Crippen LogP contribution is -2.64. The van der Waals surface area contributed by atoms with Crippen LogP contribution < -0.4 is 0 Å². The molecule has 3 N–H and O–H groups in total. The topological polar surface area (TPSA) is 73.2 Å². The number of ether oxygens (including phenoxy) is 1. The van der Waals surface area contributed by atoms with Crippen LogP contribution in [0.25, 0.3) is 0 Å². The second-order valence-corrected chi connectivity index (χ2v) is 9.62. The van der Waals surface area contributed by atoms with E-state index in [1.54, 1.807) is 0 Å². The number of rotatable bonds is 0. The van der Waals surface area contributed by atoms with Gasteiger partial charge in [0.25, 0.3) is 0 Å². The van der Waals surface area contributed by atoms with Crippen LogP contribution in [-0.2, 0) is 4.74 Å². The van der Waals surface area contributed by atoms with E-state index >= 15 is 0 Å². The Morgan fingerprint density at radius 1 is 0.826 bits per heavy atom. The minimum atomic E-state index is -0.670. The van der Waals surface area contributed by atoms with Gasteiger partial charge >= 0.3 is 0 Å². The largest absolute Gasteiger partial charge is 0.393 e. The molecule has 0 aromatic rings. The van der Waals surface area contributed by atoms with Gasteiger partial charge in [0.05, 0.1) is 30.5 Å². The first-order valence-corrected chi connectivity index (χ1v) is 9.57. The van der Waals surface area contributed by atoms with Gasteiger partial charge in [-0.25, -0.2) is 0 Å². The van der Waals surface area contributed by atoms with Crippen LogP contribution in [0.5, 0.6) is 0 Å². The summed E-state index contributed by atoms with van der Waals surface area (Å²) >= 11 is 0. The first kappa shape index (κ1) is 15.1. The average molecular weight is 322 g/mol. The van der Waals surface area contributed by atoms with E-state index < -0.39 is 12.2 Å². The summed E-state index contributed by atoms with van der Waals surface area (Å²) in [6, 6.07) is 0. The second-order valence-electron chi connectivity index (χ2n) is 9.62. The van der Waals surface area contributed by atoms with Crippen molar-refractivity contribution >= 4 is 0 Å². The van der Waals surface area contributed by atoms with Gasteiger partial charge in [-0.1, -0.05) is 13.8 Å². The molecule has 4 aliphatic carbocycles. The van der Waals surface area contributed by atoms with Gasteiger partial charge in [-0.15, -0.1) is 0 Å². The predicted molar refractivity (Wildman–Crippen MR) is 84.6 cm³/mol. The lowest BCUT2D eigenvalue weighted by atomic mass is 9.44. The molecule has 11 atom stereocenters. The van der Waals surface area contributed by atoms with E-state index in [4.69, 9.17) is 4.74 Å². The first-order chi connectivity index (χ1) is 10.9. The van der Waals surface area contributed by atoms with Crippen molar-refractivity contribution in [1.82, 2.24) is 0 Å². The minimum Gasteiger partial charge on any atom is -0.393 e. The fourth-order valence-corrected chi connectivity index (χ4v) is 7.57. The molecule has 0 aromatic carbocycles. The van der Waals surface area contributed by atoms with E-state index in [1.165, 1.54) is 0 Å². The zero-order chi connectivity index (χ0) is 16.1. The molecular weight excluding hydrogens is 292 g/mol. The Labute approximate surface area is 138 Å². The fraction of sp³-hybridized carbons (Fsp3) is 1.00. The highest BCUT2D eigenvalue weighted by molar-refractivity contribution is 5.17. The van der Waals surface area contributed by atoms with Crippen LogP contribution in [0.1, 0.15) is 52.4 Å². The number of fused-ring (bicyclic) bond motifs is 7. The number of hydrogen-bond donors (Lipinski definition) is 3. The number of aliphatic hydroxyl groups excluding tert-OH is 3. The molecule has 4 nitrogen and oxygen atoms in total. The third-order valence-electron chi connectivity index (χ3n) is 8.95. The Morgan fingerprint density at radius 2 is 1.52 bits per heavy atom. The van der Waals surface area contributed by atoms with E-state index in [-0.39, 0.29) is 34.9 Å². The number of hydrogen-bond acceptors (Lipinski definition) is 4. The van der Waals surface area contributed by atoms with Crippen LogP contribution in [0, 0.1) is 34.5 Å². The van der Waals surface area contributed by atoms with E-state index in [0.717, 1.165) is 38.5 Å². The quantitative estimate of drug-likeness (QED) is 0.594. The average Bonchev–Trinajstić information content (AvgIpc) is 3.23. The molecule has 0 spiro atoms. The highest BCUT2D eigenvalue weighted by atomic mass is 16.6. The number of aliphatic hydroxyl groups is 3. The van der Waals surface area contributed by atoms with Gasteiger partial charge in [-0.05, 0) is 67.1 Å². The molecule has 1 aliphatic heterocycles. The molecule has 4 saturated carbocycles. The first-order valence-electron chi connectivity index (χ1n) is 9.57. The van der Waals surface area contributed by atoms with Gasteiger partial charge in [-0.2, -0.15) is 0 Å². The lowest BCUT2D eigenvalue weighted by Gasteiger charge is -2.62. The summed E-state index contributed by atoms with van der Waals surface area (Å²) in [5, 5.41) is 32.5. The van der Waals surface area contributed by atoms with Crippen molar-refractivity contribution in [3.63, 3.8) is 0 Å². The van der Waals surface area contributed by atoms with E-state index in [1.807, 2.05) is 0 Å². The third-order valence-corrected chi connectivity index (χ3v) is 8.95. The van der Waals surface area contributed by atoms with Crippen LogP contribution in [0.15, 0.2) is 0 Å². The molecule has 1 heterocycles. The molecule has 0 aromatic heterocycles. The number of epoxide rings is 1. The fourth-order valence-electron chi connectivity index (χ4n) is 7.57. The molecule has 0 bridgehead atoms. The van der Waals surface area contributed by atoms with Crippen molar-refractivity contribution in [2.24, 2.45) is 34.5 Å². The van der Waals surface area contributed by atoms with E-state index in [9.17, 15) is 15.3 Å². The molecule has 5 aliphatic rings. The Kier molecular flexibility index (Phi) is 2.97. The molecule has 0 amide bonds. The monoisotopic (exact) mass is 322 g/mol. The van der Waals surface area contributed by atoms with Gasteiger partial charge < -0.3 is 20.1 Å². The van der Waals surface area contributed by atoms with Crippen molar-refractivity contribution in [2.45, 2.75) is 82.9 Å². The van der Waals surface area contributed by atoms with Gasteiger partial charge in [-0.3, -0.25) is 0 Å².